The van der Waals surface area contributed by atoms with Crippen LogP contribution in [0.15, 0.2) is 0 Å². The summed E-state index contributed by atoms with van der Waals surface area (Å²) in [5, 5.41) is 0. The monoisotopic (exact) mass is 272 g/mol. The molecular weight excluding hydrogens is 240 g/mol. The van der Waals surface area contributed by atoms with E-state index in [0.29, 0.717) is 18.6 Å². The molecule has 3 heteroatoms. The third-order valence-electron chi connectivity index (χ3n) is 3.01. The van der Waals surface area contributed by atoms with E-state index >= 15 is 0 Å². The van der Waals surface area contributed by atoms with Crippen LogP contribution in [0.1, 0.15) is 79.1 Å². The number of hydrogen-bond donors (Lipinski definition) is 0. The van der Waals surface area contributed by atoms with Crippen LogP contribution < -0.4 is 0 Å². The van der Waals surface area contributed by atoms with Crippen LogP contribution in [0.5, 0.6) is 0 Å². The van der Waals surface area contributed by atoms with E-state index in [-0.39, 0.29) is 0 Å². The highest BCUT2D eigenvalue weighted by Gasteiger charge is 2.09. The lowest BCUT2D eigenvalue weighted by molar-refractivity contribution is 0.0528. The Bertz CT molecular complexity index is 219. The lowest BCUT2D eigenvalue weighted by atomic mass is 9.89. The summed E-state index contributed by atoms with van der Waals surface area (Å²) in [6.07, 6.45) is 8.40. The van der Waals surface area contributed by atoms with Crippen molar-refractivity contribution in [2.45, 2.75) is 79.1 Å². The molecule has 0 heterocycles. The van der Waals surface area contributed by atoms with Gasteiger partial charge in [-0.15, -0.1) is 0 Å². The van der Waals surface area contributed by atoms with Crippen LogP contribution in [-0.4, -0.2) is 19.4 Å². The molecule has 0 saturated carbocycles. The fourth-order valence-corrected chi connectivity index (χ4v) is 1.82. The summed E-state index contributed by atoms with van der Waals surface area (Å²) in [7, 11) is 0. The second-order valence-corrected chi connectivity index (χ2v) is 6.38. The molecule has 0 radical (unpaired) electrons. The molecular formula is C16H32O3. The highest BCUT2D eigenvalue weighted by molar-refractivity contribution is 5.59. The number of ether oxygens (including phenoxy) is 2. The Balaban J connectivity index is 3.25. The highest BCUT2D eigenvalue weighted by Crippen LogP contribution is 2.21. The molecule has 0 saturated heterocycles. The van der Waals surface area contributed by atoms with Crippen LogP contribution in [0.2, 0.25) is 0 Å². The molecule has 19 heavy (non-hydrogen) atoms. The van der Waals surface area contributed by atoms with Gasteiger partial charge >= 0.3 is 6.16 Å². The van der Waals surface area contributed by atoms with Crippen molar-refractivity contribution in [2.75, 3.05) is 13.2 Å². The van der Waals surface area contributed by atoms with E-state index in [4.69, 9.17) is 9.47 Å². The molecule has 0 atom stereocenters. The van der Waals surface area contributed by atoms with Crippen molar-refractivity contribution in [3.8, 4) is 0 Å². The Kier molecular flexibility index (Phi) is 10.7. The average molecular weight is 272 g/mol. The number of carbonyl (C=O) groups excluding carboxylic acids is 1. The minimum atomic E-state index is -0.507. The summed E-state index contributed by atoms with van der Waals surface area (Å²) < 4.78 is 10.0. The SMILES string of the molecule is CCCCCCOC(=O)OCCCCCC(C)(C)C. The Labute approximate surface area is 119 Å². The molecule has 0 aliphatic heterocycles. The predicted molar refractivity (Wildman–Crippen MR) is 79.4 cm³/mol. The fraction of sp³-hybridized carbons (Fsp3) is 0.938. The van der Waals surface area contributed by atoms with Gasteiger partial charge in [-0.2, -0.15) is 0 Å². The second-order valence-electron chi connectivity index (χ2n) is 6.38. The number of hydrogen-bond acceptors (Lipinski definition) is 3. The first kappa shape index (κ1) is 18.3. The molecule has 0 spiro atoms. The van der Waals surface area contributed by atoms with E-state index in [2.05, 4.69) is 27.7 Å². The molecule has 0 aliphatic rings. The average Bonchev–Trinajstić information content (AvgIpc) is 2.32. The molecule has 0 amide bonds. The van der Waals surface area contributed by atoms with E-state index in [1.54, 1.807) is 0 Å². The van der Waals surface area contributed by atoms with Gasteiger partial charge in [-0.05, 0) is 24.7 Å². The Morgan fingerprint density at radius 3 is 1.84 bits per heavy atom. The predicted octanol–water partition coefficient (Wildman–Crippen LogP) is 5.33. The fourth-order valence-electron chi connectivity index (χ4n) is 1.82. The minimum Gasteiger partial charge on any atom is -0.434 e. The van der Waals surface area contributed by atoms with Crippen LogP contribution in [0, 0.1) is 5.41 Å². The van der Waals surface area contributed by atoms with Crippen LogP contribution in [0.25, 0.3) is 0 Å². The van der Waals surface area contributed by atoms with Crippen molar-refractivity contribution < 1.29 is 14.3 Å². The Morgan fingerprint density at radius 1 is 0.842 bits per heavy atom. The molecule has 0 rings (SSSR count). The van der Waals surface area contributed by atoms with E-state index in [1.165, 1.54) is 25.7 Å². The number of rotatable bonds is 10. The van der Waals surface area contributed by atoms with Gasteiger partial charge in [0, 0.05) is 0 Å². The normalized spacial score (nSPS) is 11.4. The summed E-state index contributed by atoms with van der Waals surface area (Å²) in [5.74, 6) is 0. The molecule has 0 aromatic carbocycles. The van der Waals surface area contributed by atoms with Crippen LogP contribution >= 0.6 is 0 Å². The zero-order valence-electron chi connectivity index (χ0n) is 13.3. The molecule has 0 aromatic rings. The summed E-state index contributed by atoms with van der Waals surface area (Å²) in [6, 6.07) is 0. The van der Waals surface area contributed by atoms with E-state index in [0.717, 1.165) is 25.7 Å². The van der Waals surface area contributed by atoms with Gasteiger partial charge in [-0.3, -0.25) is 0 Å². The zero-order valence-corrected chi connectivity index (χ0v) is 13.3. The van der Waals surface area contributed by atoms with Crippen molar-refractivity contribution >= 4 is 6.16 Å². The van der Waals surface area contributed by atoms with Crippen LogP contribution in [-0.2, 0) is 9.47 Å². The topological polar surface area (TPSA) is 35.5 Å². The maximum Gasteiger partial charge on any atom is 0.508 e. The van der Waals surface area contributed by atoms with Crippen molar-refractivity contribution in [1.82, 2.24) is 0 Å². The van der Waals surface area contributed by atoms with Crippen LogP contribution in [0.4, 0.5) is 4.79 Å². The molecule has 0 aliphatic carbocycles. The van der Waals surface area contributed by atoms with Gasteiger partial charge in [0.15, 0.2) is 0 Å². The van der Waals surface area contributed by atoms with Crippen molar-refractivity contribution in [3.63, 3.8) is 0 Å². The lowest BCUT2D eigenvalue weighted by Crippen LogP contribution is -2.10. The first-order valence-corrected chi connectivity index (χ1v) is 7.75. The van der Waals surface area contributed by atoms with E-state index < -0.39 is 6.16 Å². The summed E-state index contributed by atoms with van der Waals surface area (Å²) in [6.45, 7) is 9.88. The van der Waals surface area contributed by atoms with Crippen molar-refractivity contribution in [1.29, 1.82) is 0 Å². The molecule has 3 nitrogen and oxygen atoms in total. The van der Waals surface area contributed by atoms with Crippen molar-refractivity contribution in [3.05, 3.63) is 0 Å². The van der Waals surface area contributed by atoms with Gasteiger partial charge in [-0.1, -0.05) is 59.8 Å². The number of carbonyl (C=O) groups is 1. The molecule has 0 bridgehead atoms. The molecule has 0 aromatic heterocycles. The van der Waals surface area contributed by atoms with E-state index in [9.17, 15) is 4.79 Å². The maximum absolute atomic E-state index is 11.2. The molecule has 0 fully saturated rings. The first-order chi connectivity index (χ1) is 8.95. The van der Waals surface area contributed by atoms with E-state index in [1.807, 2.05) is 0 Å². The van der Waals surface area contributed by atoms with Gasteiger partial charge in [0.05, 0.1) is 13.2 Å². The zero-order chi connectivity index (χ0) is 14.6. The van der Waals surface area contributed by atoms with Gasteiger partial charge in [0.25, 0.3) is 0 Å². The summed E-state index contributed by atoms with van der Waals surface area (Å²) in [4.78, 5) is 11.2. The quantitative estimate of drug-likeness (QED) is 0.398. The van der Waals surface area contributed by atoms with Crippen LogP contribution in [0.3, 0.4) is 0 Å². The number of unbranched alkanes of at least 4 members (excludes halogenated alkanes) is 5. The molecule has 114 valence electrons. The molecule has 0 N–H and O–H groups in total. The Hall–Kier alpha value is -0.730. The third kappa shape index (κ3) is 15.2. The smallest absolute Gasteiger partial charge is 0.434 e. The standard InChI is InChI=1S/C16H32O3/c1-5-6-7-10-13-18-15(17)19-14-11-8-9-12-16(2,3)4/h5-14H2,1-4H3. The largest absolute Gasteiger partial charge is 0.508 e. The summed E-state index contributed by atoms with van der Waals surface area (Å²) in [5.41, 5.74) is 0.401. The van der Waals surface area contributed by atoms with Crippen molar-refractivity contribution in [2.24, 2.45) is 5.41 Å². The third-order valence-corrected chi connectivity index (χ3v) is 3.01. The van der Waals surface area contributed by atoms with Gasteiger partial charge < -0.3 is 9.47 Å². The first-order valence-electron chi connectivity index (χ1n) is 7.75. The van der Waals surface area contributed by atoms with Gasteiger partial charge in [0.2, 0.25) is 0 Å². The van der Waals surface area contributed by atoms with Gasteiger partial charge in [-0.25, -0.2) is 4.79 Å². The second kappa shape index (κ2) is 11.1. The minimum absolute atomic E-state index is 0.401. The molecule has 0 unspecified atom stereocenters. The lowest BCUT2D eigenvalue weighted by Gasteiger charge is -2.17. The van der Waals surface area contributed by atoms with Gasteiger partial charge in [0.1, 0.15) is 0 Å². The maximum atomic E-state index is 11.2. The highest BCUT2D eigenvalue weighted by atomic mass is 16.7. The summed E-state index contributed by atoms with van der Waals surface area (Å²) >= 11 is 0. The Morgan fingerprint density at radius 2 is 1.37 bits per heavy atom.